The van der Waals surface area contributed by atoms with Gasteiger partial charge in [-0.15, -0.1) is 0 Å². The van der Waals surface area contributed by atoms with Crippen LogP contribution >= 0.6 is 0 Å². The van der Waals surface area contributed by atoms with E-state index in [1.807, 2.05) is 0 Å². The minimum atomic E-state index is -1.07. The Morgan fingerprint density at radius 1 is 1.12 bits per heavy atom. The molecule has 25 heavy (non-hydrogen) atoms. The molecule has 3 aromatic rings. The largest absolute Gasteiger partial charge is 0.493 e. The van der Waals surface area contributed by atoms with E-state index in [4.69, 9.17) is 14.3 Å². The van der Waals surface area contributed by atoms with Gasteiger partial charge < -0.3 is 19.6 Å². The lowest BCUT2D eigenvalue weighted by atomic mass is 10.1. The van der Waals surface area contributed by atoms with Crippen LogP contribution in [0.3, 0.4) is 0 Å². The van der Waals surface area contributed by atoms with Crippen LogP contribution in [-0.2, 0) is 0 Å². The van der Waals surface area contributed by atoms with E-state index in [1.165, 1.54) is 37.4 Å². The van der Waals surface area contributed by atoms with Gasteiger partial charge in [0.05, 0.1) is 12.7 Å². The molecule has 0 radical (unpaired) electrons. The number of rotatable bonds is 4. The molecule has 0 saturated heterocycles. The average molecular weight is 339 g/mol. The summed E-state index contributed by atoms with van der Waals surface area (Å²) in [4.78, 5) is 35.3. The summed E-state index contributed by atoms with van der Waals surface area (Å²) in [5.74, 6) is -1.32. The number of carbonyl (C=O) groups excluding carboxylic acids is 1. The quantitative estimate of drug-likeness (QED) is 0.708. The Labute approximate surface area is 141 Å². The first-order valence-electron chi connectivity index (χ1n) is 7.25. The Hall–Kier alpha value is -3.61. The van der Waals surface area contributed by atoms with Crippen molar-refractivity contribution >= 4 is 28.5 Å². The Morgan fingerprint density at radius 3 is 2.48 bits per heavy atom. The highest BCUT2D eigenvalue weighted by molar-refractivity contribution is 6.05. The number of amides is 1. The molecule has 0 unspecified atom stereocenters. The SMILES string of the molecule is COc1cccc2cc(C(=O)Nc3ccc(C(=O)O)cc3)c(=O)oc12. The first kappa shape index (κ1) is 16.3. The number of methoxy groups -OCH3 is 1. The van der Waals surface area contributed by atoms with Crippen LogP contribution in [0.1, 0.15) is 20.7 Å². The molecule has 126 valence electrons. The number of hydrogen-bond donors (Lipinski definition) is 2. The molecule has 0 aliphatic heterocycles. The van der Waals surface area contributed by atoms with E-state index in [1.54, 1.807) is 18.2 Å². The zero-order chi connectivity index (χ0) is 18.0. The molecular formula is C18H13NO6. The minimum Gasteiger partial charge on any atom is -0.493 e. The van der Waals surface area contributed by atoms with Crippen molar-refractivity contribution in [3.05, 3.63) is 70.1 Å². The van der Waals surface area contributed by atoms with Gasteiger partial charge in [-0.3, -0.25) is 4.79 Å². The third-order valence-corrected chi connectivity index (χ3v) is 3.58. The van der Waals surface area contributed by atoms with Crippen LogP contribution in [0.4, 0.5) is 5.69 Å². The number of carboxylic acids is 1. The molecule has 0 bridgehead atoms. The molecule has 2 aromatic carbocycles. The van der Waals surface area contributed by atoms with E-state index < -0.39 is 17.5 Å². The second-order valence-electron chi connectivity index (χ2n) is 5.16. The van der Waals surface area contributed by atoms with Gasteiger partial charge in [0, 0.05) is 11.1 Å². The molecule has 3 rings (SSSR count). The van der Waals surface area contributed by atoms with Gasteiger partial charge in [-0.2, -0.15) is 0 Å². The van der Waals surface area contributed by atoms with Crippen LogP contribution in [0.5, 0.6) is 5.75 Å². The monoisotopic (exact) mass is 339 g/mol. The smallest absolute Gasteiger partial charge is 0.349 e. The van der Waals surface area contributed by atoms with Gasteiger partial charge in [-0.05, 0) is 36.4 Å². The number of carbonyl (C=O) groups is 2. The van der Waals surface area contributed by atoms with Crippen LogP contribution in [0.2, 0.25) is 0 Å². The predicted octanol–water partition coefficient (Wildman–Crippen LogP) is 2.75. The van der Waals surface area contributed by atoms with Crippen LogP contribution in [0.25, 0.3) is 11.0 Å². The van der Waals surface area contributed by atoms with E-state index in [0.29, 0.717) is 16.8 Å². The topological polar surface area (TPSA) is 106 Å². The van der Waals surface area contributed by atoms with E-state index in [9.17, 15) is 14.4 Å². The second kappa shape index (κ2) is 6.48. The third-order valence-electron chi connectivity index (χ3n) is 3.58. The molecule has 0 saturated carbocycles. The van der Waals surface area contributed by atoms with E-state index in [0.717, 1.165) is 0 Å². The average Bonchev–Trinajstić information content (AvgIpc) is 2.61. The number of benzene rings is 2. The van der Waals surface area contributed by atoms with E-state index in [2.05, 4.69) is 5.32 Å². The summed E-state index contributed by atoms with van der Waals surface area (Å²) in [6, 6.07) is 12.1. The molecule has 0 fully saturated rings. The van der Waals surface area contributed by atoms with Crippen molar-refractivity contribution in [1.29, 1.82) is 0 Å². The van der Waals surface area contributed by atoms with E-state index in [-0.39, 0.29) is 16.7 Å². The lowest BCUT2D eigenvalue weighted by Gasteiger charge is -2.07. The maximum atomic E-state index is 12.3. The van der Waals surface area contributed by atoms with Gasteiger partial charge in [0.25, 0.3) is 5.91 Å². The number of ether oxygens (including phenoxy) is 1. The van der Waals surface area contributed by atoms with Crippen molar-refractivity contribution in [1.82, 2.24) is 0 Å². The fourth-order valence-corrected chi connectivity index (χ4v) is 2.33. The summed E-state index contributed by atoms with van der Waals surface area (Å²) >= 11 is 0. The first-order chi connectivity index (χ1) is 12.0. The third kappa shape index (κ3) is 3.20. The summed E-state index contributed by atoms with van der Waals surface area (Å²) < 4.78 is 10.3. The van der Waals surface area contributed by atoms with E-state index >= 15 is 0 Å². The molecule has 0 spiro atoms. The highest BCUT2D eigenvalue weighted by atomic mass is 16.5. The zero-order valence-corrected chi connectivity index (χ0v) is 13.1. The normalized spacial score (nSPS) is 10.4. The highest BCUT2D eigenvalue weighted by Gasteiger charge is 2.16. The number of para-hydroxylation sites is 1. The van der Waals surface area contributed by atoms with Crippen LogP contribution in [0, 0.1) is 0 Å². The second-order valence-corrected chi connectivity index (χ2v) is 5.16. The first-order valence-corrected chi connectivity index (χ1v) is 7.25. The number of nitrogens with one attached hydrogen (secondary N) is 1. The van der Waals surface area contributed by atoms with Crippen molar-refractivity contribution < 1.29 is 23.8 Å². The minimum absolute atomic E-state index is 0.0929. The summed E-state index contributed by atoms with van der Waals surface area (Å²) in [5.41, 5.74) is -0.243. The lowest BCUT2D eigenvalue weighted by Crippen LogP contribution is -2.20. The summed E-state index contributed by atoms with van der Waals surface area (Å²) in [5, 5.41) is 11.9. The van der Waals surface area contributed by atoms with Gasteiger partial charge in [-0.25, -0.2) is 9.59 Å². The van der Waals surface area contributed by atoms with Crippen molar-refractivity contribution in [2.75, 3.05) is 12.4 Å². The predicted molar refractivity (Wildman–Crippen MR) is 90.4 cm³/mol. The van der Waals surface area contributed by atoms with Crippen molar-refractivity contribution in [3.8, 4) is 5.75 Å². The number of anilines is 1. The van der Waals surface area contributed by atoms with Crippen molar-refractivity contribution in [2.45, 2.75) is 0 Å². The standard InChI is InChI=1S/C18H13NO6/c1-24-14-4-2-3-11-9-13(18(23)25-15(11)14)16(20)19-12-7-5-10(6-8-12)17(21)22/h2-9H,1H3,(H,19,20)(H,21,22). The summed E-state index contributed by atoms with van der Waals surface area (Å²) in [6.45, 7) is 0. The molecule has 1 heterocycles. The molecule has 2 N–H and O–H groups in total. The van der Waals surface area contributed by atoms with Crippen molar-refractivity contribution in [3.63, 3.8) is 0 Å². The zero-order valence-electron chi connectivity index (χ0n) is 13.1. The highest BCUT2D eigenvalue weighted by Crippen LogP contribution is 2.24. The molecule has 7 nitrogen and oxygen atoms in total. The molecular weight excluding hydrogens is 326 g/mol. The molecule has 0 aliphatic carbocycles. The molecule has 1 aromatic heterocycles. The van der Waals surface area contributed by atoms with Crippen LogP contribution in [-0.4, -0.2) is 24.1 Å². The maximum Gasteiger partial charge on any atom is 0.349 e. The Morgan fingerprint density at radius 2 is 1.84 bits per heavy atom. The van der Waals surface area contributed by atoms with Gasteiger partial charge in [0.15, 0.2) is 11.3 Å². The summed E-state index contributed by atoms with van der Waals surface area (Å²) in [6.07, 6.45) is 0. The van der Waals surface area contributed by atoms with Gasteiger partial charge in [-0.1, -0.05) is 12.1 Å². The Bertz CT molecular complexity index is 1020. The summed E-state index contributed by atoms with van der Waals surface area (Å²) in [7, 11) is 1.45. The molecule has 7 heteroatoms. The lowest BCUT2D eigenvalue weighted by molar-refractivity contribution is 0.0696. The number of fused-ring (bicyclic) bond motifs is 1. The van der Waals surface area contributed by atoms with Gasteiger partial charge in [0.1, 0.15) is 5.56 Å². The molecule has 0 atom stereocenters. The number of hydrogen-bond acceptors (Lipinski definition) is 5. The molecule has 0 aliphatic rings. The number of carboxylic acid groups (broad SMARTS) is 1. The fourth-order valence-electron chi connectivity index (χ4n) is 2.33. The fraction of sp³-hybridized carbons (Fsp3) is 0.0556. The van der Waals surface area contributed by atoms with Gasteiger partial charge >= 0.3 is 11.6 Å². The number of aromatic carboxylic acids is 1. The van der Waals surface area contributed by atoms with Crippen LogP contribution < -0.4 is 15.7 Å². The van der Waals surface area contributed by atoms with Crippen molar-refractivity contribution in [2.24, 2.45) is 0 Å². The van der Waals surface area contributed by atoms with Crippen LogP contribution in [0.15, 0.2) is 57.7 Å². The molecule has 1 amide bonds. The van der Waals surface area contributed by atoms with Gasteiger partial charge in [0.2, 0.25) is 0 Å². The Kier molecular flexibility index (Phi) is 4.21. The maximum absolute atomic E-state index is 12.3. The Balaban J connectivity index is 1.93.